The normalized spacial score (nSPS) is 19.5. The van der Waals surface area contributed by atoms with Crippen LogP contribution in [-0.2, 0) is 6.42 Å². The first kappa shape index (κ1) is 14.1. The molecular formula is C17H25Br. The summed E-state index contributed by atoms with van der Waals surface area (Å²) in [6.45, 7) is 4.43. The van der Waals surface area contributed by atoms with Gasteiger partial charge < -0.3 is 0 Å². The number of halogens is 1. The summed E-state index contributed by atoms with van der Waals surface area (Å²) in [6.07, 6.45) is 9.78. The molecule has 0 amide bonds. The number of benzene rings is 1. The number of hydrogen-bond acceptors (Lipinski definition) is 0. The Labute approximate surface area is 120 Å². The smallest absolute Gasteiger partial charge is 0.0214 e. The first-order chi connectivity index (χ1) is 8.66. The largest absolute Gasteiger partial charge is 0.0884 e. The number of rotatable bonds is 3. The van der Waals surface area contributed by atoms with Gasteiger partial charge in [0.25, 0.3) is 0 Å². The lowest BCUT2D eigenvalue weighted by molar-refractivity contribution is 0.445. The van der Waals surface area contributed by atoms with Gasteiger partial charge in [0.1, 0.15) is 0 Å². The van der Waals surface area contributed by atoms with Crippen LogP contribution in [-0.4, -0.2) is 4.83 Å². The summed E-state index contributed by atoms with van der Waals surface area (Å²) in [5.41, 5.74) is 4.36. The number of hydrogen-bond donors (Lipinski definition) is 0. The average molecular weight is 309 g/mol. The van der Waals surface area contributed by atoms with Gasteiger partial charge in [-0.15, -0.1) is 0 Å². The minimum Gasteiger partial charge on any atom is -0.0884 e. The van der Waals surface area contributed by atoms with Crippen LogP contribution in [0.1, 0.15) is 55.2 Å². The molecule has 0 aromatic heterocycles. The van der Waals surface area contributed by atoms with Gasteiger partial charge >= 0.3 is 0 Å². The van der Waals surface area contributed by atoms with Crippen molar-refractivity contribution < 1.29 is 0 Å². The summed E-state index contributed by atoms with van der Waals surface area (Å²) in [5, 5.41) is 0. The van der Waals surface area contributed by atoms with Crippen LogP contribution in [0.3, 0.4) is 0 Å². The molecule has 0 radical (unpaired) electrons. The van der Waals surface area contributed by atoms with Crippen molar-refractivity contribution in [3.05, 3.63) is 34.9 Å². The molecule has 1 aliphatic rings. The molecule has 1 aromatic rings. The second kappa shape index (κ2) is 6.75. The summed E-state index contributed by atoms with van der Waals surface area (Å²) in [6, 6.07) is 6.84. The Balaban J connectivity index is 2.00. The highest BCUT2D eigenvalue weighted by atomic mass is 79.9. The Hall–Kier alpha value is -0.300. The summed E-state index contributed by atoms with van der Waals surface area (Å²) in [5.74, 6) is 0.882. The predicted molar refractivity (Wildman–Crippen MR) is 83.5 cm³/mol. The maximum atomic E-state index is 3.97. The summed E-state index contributed by atoms with van der Waals surface area (Å²) in [4.78, 5) is 0.663. The first-order valence-corrected chi connectivity index (χ1v) is 8.28. The van der Waals surface area contributed by atoms with Gasteiger partial charge in [-0.3, -0.25) is 0 Å². The molecule has 0 bridgehead atoms. The van der Waals surface area contributed by atoms with E-state index in [1.165, 1.54) is 61.6 Å². The second-order valence-corrected chi connectivity index (χ2v) is 7.08. The molecule has 0 spiro atoms. The molecule has 100 valence electrons. The fourth-order valence-electron chi connectivity index (χ4n) is 3.07. The van der Waals surface area contributed by atoms with E-state index in [0.29, 0.717) is 4.83 Å². The molecule has 0 aliphatic heterocycles. The fourth-order valence-corrected chi connectivity index (χ4v) is 3.95. The van der Waals surface area contributed by atoms with Gasteiger partial charge in [0.2, 0.25) is 0 Å². The maximum Gasteiger partial charge on any atom is 0.0214 e. The third-order valence-electron chi connectivity index (χ3n) is 4.33. The van der Waals surface area contributed by atoms with Crippen LogP contribution in [0.5, 0.6) is 0 Å². The summed E-state index contributed by atoms with van der Waals surface area (Å²) >= 11 is 3.97. The van der Waals surface area contributed by atoms with Crippen LogP contribution < -0.4 is 0 Å². The van der Waals surface area contributed by atoms with E-state index in [2.05, 4.69) is 48.0 Å². The Morgan fingerprint density at radius 1 is 1.11 bits per heavy atom. The van der Waals surface area contributed by atoms with Gasteiger partial charge in [-0.05, 0) is 50.2 Å². The molecular weight excluding hydrogens is 284 g/mol. The highest BCUT2D eigenvalue weighted by Gasteiger charge is 2.21. The van der Waals surface area contributed by atoms with Crippen molar-refractivity contribution in [1.29, 1.82) is 0 Å². The Morgan fingerprint density at radius 2 is 1.78 bits per heavy atom. The van der Waals surface area contributed by atoms with Crippen molar-refractivity contribution in [1.82, 2.24) is 0 Å². The number of aryl methyl sites for hydroxylation is 2. The van der Waals surface area contributed by atoms with Crippen molar-refractivity contribution in [3.63, 3.8) is 0 Å². The standard InChI is InChI=1S/C17H25Br/c1-13-9-10-14(2)16(11-13)12-17(18)15-7-5-3-4-6-8-15/h9-11,15,17H,3-8,12H2,1-2H3. The van der Waals surface area contributed by atoms with Gasteiger partial charge in [0, 0.05) is 4.83 Å². The molecule has 0 saturated heterocycles. The third-order valence-corrected chi connectivity index (χ3v) is 5.40. The number of alkyl halides is 1. The molecule has 1 aromatic carbocycles. The van der Waals surface area contributed by atoms with Crippen LogP contribution in [0.2, 0.25) is 0 Å². The molecule has 1 saturated carbocycles. The van der Waals surface area contributed by atoms with Gasteiger partial charge in [-0.25, -0.2) is 0 Å². The Kier molecular flexibility index (Phi) is 5.29. The monoisotopic (exact) mass is 308 g/mol. The average Bonchev–Trinajstić information content (AvgIpc) is 2.62. The van der Waals surface area contributed by atoms with Crippen molar-refractivity contribution in [2.45, 2.75) is 63.6 Å². The van der Waals surface area contributed by atoms with Crippen LogP contribution in [0.4, 0.5) is 0 Å². The highest BCUT2D eigenvalue weighted by Crippen LogP contribution is 2.31. The van der Waals surface area contributed by atoms with Crippen molar-refractivity contribution in [2.24, 2.45) is 5.92 Å². The van der Waals surface area contributed by atoms with Crippen molar-refractivity contribution in [3.8, 4) is 0 Å². The van der Waals surface area contributed by atoms with Crippen molar-refractivity contribution >= 4 is 15.9 Å². The zero-order valence-electron chi connectivity index (χ0n) is 11.7. The van der Waals surface area contributed by atoms with Crippen LogP contribution >= 0.6 is 15.9 Å². The van der Waals surface area contributed by atoms with E-state index < -0.39 is 0 Å². The van der Waals surface area contributed by atoms with Crippen molar-refractivity contribution in [2.75, 3.05) is 0 Å². The Morgan fingerprint density at radius 3 is 2.44 bits per heavy atom. The third kappa shape index (κ3) is 3.85. The van der Waals surface area contributed by atoms with E-state index in [9.17, 15) is 0 Å². The van der Waals surface area contributed by atoms with E-state index in [4.69, 9.17) is 0 Å². The quantitative estimate of drug-likeness (QED) is 0.505. The van der Waals surface area contributed by atoms with E-state index in [1.54, 1.807) is 0 Å². The van der Waals surface area contributed by atoms with Gasteiger partial charge in [0.05, 0.1) is 0 Å². The molecule has 1 aliphatic carbocycles. The molecule has 2 rings (SSSR count). The molecule has 1 unspecified atom stereocenters. The molecule has 1 atom stereocenters. The molecule has 1 fully saturated rings. The van der Waals surface area contributed by atoms with Gasteiger partial charge in [-0.2, -0.15) is 0 Å². The fraction of sp³-hybridized carbons (Fsp3) is 0.647. The lowest BCUT2D eigenvalue weighted by Gasteiger charge is -2.22. The second-order valence-electron chi connectivity index (χ2n) is 5.90. The molecule has 1 heteroatoms. The zero-order chi connectivity index (χ0) is 13.0. The van der Waals surface area contributed by atoms with E-state index in [0.717, 1.165) is 5.92 Å². The zero-order valence-corrected chi connectivity index (χ0v) is 13.3. The maximum absolute atomic E-state index is 3.97. The molecule has 0 nitrogen and oxygen atoms in total. The summed E-state index contributed by atoms with van der Waals surface area (Å²) < 4.78 is 0. The first-order valence-electron chi connectivity index (χ1n) is 7.37. The molecule has 0 N–H and O–H groups in total. The summed E-state index contributed by atoms with van der Waals surface area (Å²) in [7, 11) is 0. The highest BCUT2D eigenvalue weighted by molar-refractivity contribution is 9.09. The van der Waals surface area contributed by atoms with Gasteiger partial charge in [0.15, 0.2) is 0 Å². The van der Waals surface area contributed by atoms with E-state index in [1.807, 2.05) is 0 Å². The minimum absolute atomic E-state index is 0.663. The lowest BCUT2D eigenvalue weighted by Crippen LogP contribution is -2.17. The lowest BCUT2D eigenvalue weighted by atomic mass is 9.91. The SMILES string of the molecule is Cc1ccc(C)c(CC(Br)C2CCCCCC2)c1. The molecule has 0 heterocycles. The minimum atomic E-state index is 0.663. The topological polar surface area (TPSA) is 0 Å². The van der Waals surface area contributed by atoms with Crippen LogP contribution in [0.15, 0.2) is 18.2 Å². The van der Waals surface area contributed by atoms with Crippen LogP contribution in [0, 0.1) is 19.8 Å². The Bertz CT molecular complexity index is 375. The predicted octanol–water partition coefficient (Wildman–Crippen LogP) is 5.58. The van der Waals surface area contributed by atoms with Crippen LogP contribution in [0.25, 0.3) is 0 Å². The van der Waals surface area contributed by atoms with Gasteiger partial charge in [-0.1, -0.05) is 65.4 Å². The van der Waals surface area contributed by atoms with E-state index in [-0.39, 0.29) is 0 Å². The molecule has 18 heavy (non-hydrogen) atoms. The van der Waals surface area contributed by atoms with E-state index >= 15 is 0 Å².